The number of rotatable bonds is 6. The van der Waals surface area contributed by atoms with Crippen LogP contribution < -0.4 is 21.2 Å². The summed E-state index contributed by atoms with van der Waals surface area (Å²) in [5.74, 6) is 1.51. The third kappa shape index (κ3) is 4.42. The molecule has 0 amide bonds. The van der Waals surface area contributed by atoms with Gasteiger partial charge in [0, 0.05) is 23.9 Å². The third-order valence-electron chi connectivity index (χ3n) is 5.74. The Bertz CT molecular complexity index is 1500. The number of azo groups is 1. The van der Waals surface area contributed by atoms with Crippen LogP contribution in [0.2, 0.25) is 5.28 Å². The van der Waals surface area contributed by atoms with E-state index in [1.54, 1.807) is 0 Å². The highest BCUT2D eigenvalue weighted by Gasteiger charge is 2.29. The van der Waals surface area contributed by atoms with E-state index in [0.717, 1.165) is 63.2 Å². The van der Waals surface area contributed by atoms with E-state index in [-0.39, 0.29) is 5.28 Å². The predicted octanol–water partition coefficient (Wildman–Crippen LogP) is 6.49. The number of hydrogen-bond acceptors (Lipinski definition) is 8. The molecule has 4 aromatic rings. The van der Waals surface area contributed by atoms with E-state index in [1.807, 2.05) is 45.0 Å². The molecule has 2 heterocycles. The molecule has 10 heteroatoms. The van der Waals surface area contributed by atoms with Gasteiger partial charge in [-0.1, -0.05) is 13.0 Å². The molecular weight excluding hydrogens is 464 g/mol. The van der Waals surface area contributed by atoms with E-state index in [4.69, 9.17) is 27.3 Å². The largest absolute Gasteiger partial charge is 0.397 e. The van der Waals surface area contributed by atoms with E-state index < -0.39 is 0 Å². The van der Waals surface area contributed by atoms with Gasteiger partial charge >= 0.3 is 0 Å². The molecule has 0 saturated carbocycles. The van der Waals surface area contributed by atoms with Crippen molar-refractivity contribution in [3.05, 3.63) is 58.4 Å². The molecule has 0 fully saturated rings. The van der Waals surface area contributed by atoms with Crippen LogP contribution in [0.25, 0.3) is 10.8 Å². The zero-order valence-electron chi connectivity index (χ0n) is 20.0. The number of nitrogen functional groups attached to an aromatic ring is 1. The van der Waals surface area contributed by atoms with Crippen molar-refractivity contribution in [3.8, 4) is 5.75 Å². The molecule has 0 aliphatic carbocycles. The first-order valence-corrected chi connectivity index (χ1v) is 11.8. The molecular formula is C25H26ClN8O+. The quantitative estimate of drug-likeness (QED) is 0.209. The maximum atomic E-state index is 6.42. The van der Waals surface area contributed by atoms with Crippen molar-refractivity contribution < 1.29 is 9.70 Å². The lowest BCUT2D eigenvalue weighted by Gasteiger charge is -2.15. The molecule has 0 unspecified atom stereocenters. The lowest BCUT2D eigenvalue weighted by atomic mass is 10.0. The van der Waals surface area contributed by atoms with Crippen molar-refractivity contribution in [3.63, 3.8) is 0 Å². The van der Waals surface area contributed by atoms with Crippen molar-refractivity contribution in [2.45, 2.75) is 34.1 Å². The summed E-state index contributed by atoms with van der Waals surface area (Å²) in [6.07, 6.45) is 0.945. The van der Waals surface area contributed by atoms with Crippen LogP contribution >= 0.6 is 11.6 Å². The average Bonchev–Trinajstić information content (AvgIpc) is 2.80. The Labute approximate surface area is 208 Å². The first-order valence-electron chi connectivity index (χ1n) is 11.4. The second-order valence-electron chi connectivity index (χ2n) is 8.59. The molecule has 9 nitrogen and oxygen atoms in total. The molecule has 0 spiro atoms. The summed E-state index contributed by atoms with van der Waals surface area (Å²) in [4.78, 5) is 20.4. The fraction of sp³-hybridized carbons (Fsp3) is 0.240. The molecule has 0 atom stereocenters. The molecule has 35 heavy (non-hydrogen) atoms. The summed E-state index contributed by atoms with van der Waals surface area (Å²) in [5, 5.41) is 13.2. The van der Waals surface area contributed by atoms with Gasteiger partial charge in [0.05, 0.1) is 16.2 Å². The van der Waals surface area contributed by atoms with Crippen molar-refractivity contribution in [2.24, 2.45) is 5.11 Å². The molecule has 3 aromatic carbocycles. The van der Waals surface area contributed by atoms with Crippen LogP contribution in [0.4, 0.5) is 34.6 Å². The van der Waals surface area contributed by atoms with Gasteiger partial charge in [-0.3, -0.25) is 0 Å². The molecule has 1 aliphatic heterocycles. The zero-order chi connectivity index (χ0) is 24.7. The molecule has 1 aliphatic rings. The number of benzene rings is 3. The number of halogens is 1. The summed E-state index contributed by atoms with van der Waals surface area (Å²) in [6.45, 7) is 8.82. The number of aromatic nitrogens is 3. The molecule has 1 aromatic heterocycles. The average molecular weight is 490 g/mol. The van der Waals surface area contributed by atoms with Crippen LogP contribution in [-0.4, -0.2) is 26.4 Å². The predicted molar refractivity (Wildman–Crippen MR) is 139 cm³/mol. The number of hydrogen-bond donors (Lipinski definition) is 3. The van der Waals surface area contributed by atoms with E-state index in [9.17, 15) is 0 Å². The second-order valence-corrected chi connectivity index (χ2v) is 8.92. The lowest BCUT2D eigenvalue weighted by molar-refractivity contribution is -0.731. The Kier molecular flexibility index (Phi) is 5.86. The van der Waals surface area contributed by atoms with E-state index in [2.05, 4.69) is 44.6 Å². The topological polar surface area (TPSA) is 113 Å². The fourth-order valence-corrected chi connectivity index (χ4v) is 4.22. The smallest absolute Gasteiger partial charge is 0.293 e. The molecule has 0 saturated heterocycles. The summed E-state index contributed by atoms with van der Waals surface area (Å²) < 4.78 is 0. The monoisotopic (exact) mass is 489 g/mol. The molecule has 0 bridgehead atoms. The normalized spacial score (nSPS) is 12.3. The van der Waals surface area contributed by atoms with Gasteiger partial charge in [0.25, 0.3) is 5.69 Å². The lowest BCUT2D eigenvalue weighted by Crippen LogP contribution is -2.14. The van der Waals surface area contributed by atoms with Crippen molar-refractivity contribution in [1.29, 1.82) is 0 Å². The van der Waals surface area contributed by atoms with E-state index >= 15 is 0 Å². The molecule has 4 N–H and O–H groups in total. The van der Waals surface area contributed by atoms with Crippen LogP contribution in [0.15, 0.2) is 41.5 Å². The van der Waals surface area contributed by atoms with Gasteiger partial charge in [-0.15, -0.1) is 0 Å². The van der Waals surface area contributed by atoms with Crippen molar-refractivity contribution >= 4 is 57.0 Å². The van der Waals surface area contributed by atoms with Crippen LogP contribution in [0.3, 0.4) is 0 Å². The summed E-state index contributed by atoms with van der Waals surface area (Å²) in [6, 6.07) is 12.0. The Hall–Kier alpha value is -3.98. The Morgan fingerprint density at radius 3 is 2.57 bits per heavy atom. The highest BCUT2D eigenvalue weighted by atomic mass is 35.5. The standard InChI is InChI=1S/C25H25ClN8O/c1-5-8-28-24-30-23(26)31-25(32-24)29-17-6-7-18(14(3)12-17)34-33-22-20-16(11-15(4)21(22)27)9-13(2)10-19(20)35-34/h6-7,9-12,27H,5,8H2,1-4H3,(H2,28,29,30,31,32)/p+1. The minimum Gasteiger partial charge on any atom is -0.397 e. The molecule has 178 valence electrons. The van der Waals surface area contributed by atoms with Gasteiger partial charge in [-0.25, -0.2) is 4.84 Å². The van der Waals surface area contributed by atoms with Gasteiger partial charge in [-0.2, -0.15) is 15.0 Å². The fourth-order valence-electron chi connectivity index (χ4n) is 4.06. The van der Waals surface area contributed by atoms with Crippen molar-refractivity contribution in [2.75, 3.05) is 22.9 Å². The number of nitrogens with one attached hydrogen (secondary N) is 2. The third-order valence-corrected chi connectivity index (χ3v) is 5.91. The van der Waals surface area contributed by atoms with Gasteiger partial charge in [0.2, 0.25) is 22.9 Å². The van der Waals surface area contributed by atoms with Gasteiger partial charge < -0.3 is 16.4 Å². The first-order chi connectivity index (χ1) is 16.8. The first kappa shape index (κ1) is 22.8. The Balaban J connectivity index is 1.48. The van der Waals surface area contributed by atoms with Gasteiger partial charge in [0.15, 0.2) is 5.69 Å². The highest BCUT2D eigenvalue weighted by Crippen LogP contribution is 2.45. The van der Waals surface area contributed by atoms with Gasteiger partial charge in [-0.05, 0) is 79.6 Å². The van der Waals surface area contributed by atoms with E-state index in [1.165, 1.54) is 4.86 Å². The molecule has 5 rings (SSSR count). The van der Waals surface area contributed by atoms with Gasteiger partial charge in [0.1, 0.15) is 4.86 Å². The van der Waals surface area contributed by atoms with Crippen LogP contribution in [-0.2, 0) is 0 Å². The maximum Gasteiger partial charge on any atom is 0.293 e. The summed E-state index contributed by atoms with van der Waals surface area (Å²) in [5.41, 5.74) is 12.4. The number of nitrogens with two attached hydrogens (primary N) is 1. The maximum absolute atomic E-state index is 6.42. The second kappa shape index (κ2) is 8.99. The molecule has 0 radical (unpaired) electrons. The van der Waals surface area contributed by atoms with Crippen molar-refractivity contribution in [1.82, 2.24) is 15.0 Å². The van der Waals surface area contributed by atoms with E-state index in [0.29, 0.717) is 17.6 Å². The zero-order valence-corrected chi connectivity index (χ0v) is 20.7. The Morgan fingerprint density at radius 2 is 1.80 bits per heavy atom. The number of nitrogens with zero attached hydrogens (tertiary/aromatic N) is 5. The van der Waals surface area contributed by atoms with Crippen LogP contribution in [0.1, 0.15) is 30.0 Å². The number of aryl methyl sites for hydroxylation is 3. The van der Waals surface area contributed by atoms with Crippen LogP contribution in [0.5, 0.6) is 5.75 Å². The van der Waals surface area contributed by atoms with Crippen LogP contribution in [0, 0.1) is 20.8 Å². The minimum absolute atomic E-state index is 0.117. The summed E-state index contributed by atoms with van der Waals surface area (Å²) in [7, 11) is 0. The number of anilines is 4. The minimum atomic E-state index is 0.117. The SMILES string of the molecule is CCCNc1nc(Cl)nc(Nc2ccc([N+]3=Nc4c(N)c(C)cc5cc(C)cc(c45)O3)c(C)c2)n1. The Morgan fingerprint density at radius 1 is 1.00 bits per heavy atom. The summed E-state index contributed by atoms with van der Waals surface area (Å²) >= 11 is 6.07. The highest BCUT2D eigenvalue weighted by molar-refractivity contribution is 6.28.